The maximum Gasteiger partial charge on any atom is 0.322 e. The van der Waals surface area contributed by atoms with Crippen molar-refractivity contribution < 1.29 is 18.7 Å². The zero-order valence-corrected chi connectivity index (χ0v) is 14.9. The van der Waals surface area contributed by atoms with Crippen LogP contribution in [-0.2, 0) is 4.79 Å². The molecule has 2 aliphatic rings. The van der Waals surface area contributed by atoms with Crippen molar-refractivity contribution in [2.75, 3.05) is 25.6 Å². The third-order valence-electron chi connectivity index (χ3n) is 4.91. The lowest BCUT2D eigenvalue weighted by Gasteiger charge is -2.31. The Balaban J connectivity index is 1.77. The van der Waals surface area contributed by atoms with Gasteiger partial charge in [-0.15, -0.1) is 0 Å². The van der Waals surface area contributed by atoms with E-state index in [1.807, 2.05) is 12.1 Å². The predicted molar refractivity (Wildman–Crippen MR) is 97.8 cm³/mol. The van der Waals surface area contributed by atoms with Crippen molar-refractivity contribution in [3.63, 3.8) is 0 Å². The van der Waals surface area contributed by atoms with E-state index in [0.29, 0.717) is 22.7 Å². The topological polar surface area (TPSA) is 61.9 Å². The van der Waals surface area contributed by atoms with Crippen molar-refractivity contribution in [1.29, 1.82) is 0 Å². The molecule has 1 atom stereocenters. The smallest absolute Gasteiger partial charge is 0.322 e. The fourth-order valence-corrected chi connectivity index (χ4v) is 3.49. The predicted octanol–water partition coefficient (Wildman–Crippen LogP) is 2.83. The number of benzene rings is 2. The number of anilines is 1. The Labute approximate surface area is 155 Å². The standard InChI is InChI=1S/C20H18FN3O3/c1-23-16-11-24(14-7-4-6-13(21)10-14)19(25)17(16)18(22-20(23)26)12-5-3-8-15(9-12)27-2/h3-10,18H,11H2,1-2H3,(H,22,26)/t18-/m0/s1. The van der Waals surface area contributed by atoms with Crippen LogP contribution in [0.25, 0.3) is 0 Å². The van der Waals surface area contributed by atoms with E-state index in [9.17, 15) is 14.0 Å². The third kappa shape index (κ3) is 2.81. The largest absolute Gasteiger partial charge is 0.497 e. The molecular formula is C20H18FN3O3. The first-order chi connectivity index (χ1) is 13.0. The van der Waals surface area contributed by atoms with Gasteiger partial charge >= 0.3 is 6.03 Å². The summed E-state index contributed by atoms with van der Waals surface area (Å²) in [7, 11) is 3.18. The molecular weight excluding hydrogens is 349 g/mol. The molecule has 0 radical (unpaired) electrons. The second-order valence-electron chi connectivity index (χ2n) is 6.45. The van der Waals surface area contributed by atoms with Crippen molar-refractivity contribution in [2.45, 2.75) is 6.04 Å². The molecule has 2 aromatic rings. The molecule has 6 nitrogen and oxygen atoms in total. The van der Waals surface area contributed by atoms with Gasteiger partial charge in [-0.1, -0.05) is 18.2 Å². The molecule has 7 heteroatoms. The highest BCUT2D eigenvalue weighted by Gasteiger charge is 2.43. The highest BCUT2D eigenvalue weighted by molar-refractivity contribution is 6.11. The minimum atomic E-state index is -0.593. The number of halogens is 1. The van der Waals surface area contributed by atoms with Crippen molar-refractivity contribution in [1.82, 2.24) is 10.2 Å². The van der Waals surface area contributed by atoms with Crippen LogP contribution in [0.3, 0.4) is 0 Å². The van der Waals surface area contributed by atoms with E-state index in [2.05, 4.69) is 5.32 Å². The van der Waals surface area contributed by atoms with E-state index in [1.54, 1.807) is 38.4 Å². The second-order valence-corrected chi connectivity index (χ2v) is 6.45. The number of methoxy groups -OCH3 is 1. The van der Waals surface area contributed by atoms with Gasteiger partial charge in [0.2, 0.25) is 0 Å². The number of nitrogens with zero attached hydrogens (tertiary/aromatic N) is 2. The number of ether oxygens (including phenoxy) is 1. The molecule has 2 aromatic carbocycles. The Bertz CT molecular complexity index is 972. The number of urea groups is 1. The molecule has 0 saturated heterocycles. The van der Waals surface area contributed by atoms with Crippen molar-refractivity contribution >= 4 is 17.6 Å². The number of hydrogen-bond donors (Lipinski definition) is 1. The molecule has 3 amide bonds. The molecule has 2 heterocycles. The number of amides is 3. The number of hydrogen-bond acceptors (Lipinski definition) is 3. The monoisotopic (exact) mass is 367 g/mol. The number of likely N-dealkylation sites (N-methyl/N-ethyl adjacent to an activating group) is 1. The van der Waals surface area contributed by atoms with Gasteiger partial charge in [0.05, 0.1) is 31.0 Å². The SMILES string of the molecule is COc1cccc([C@@H]2NC(=O)N(C)C3=C2C(=O)N(c2cccc(F)c2)C3)c1. The Kier molecular flexibility index (Phi) is 4.07. The van der Waals surface area contributed by atoms with Crippen LogP contribution in [-0.4, -0.2) is 37.5 Å². The van der Waals surface area contributed by atoms with E-state index in [1.165, 1.54) is 21.9 Å². The van der Waals surface area contributed by atoms with E-state index in [4.69, 9.17) is 4.74 Å². The van der Waals surface area contributed by atoms with Gasteiger partial charge in [-0.3, -0.25) is 9.69 Å². The fraction of sp³-hybridized carbons (Fsp3) is 0.200. The normalized spacial score (nSPS) is 19.3. The van der Waals surface area contributed by atoms with E-state index >= 15 is 0 Å². The van der Waals surface area contributed by atoms with Crippen molar-refractivity contribution in [3.05, 3.63) is 71.2 Å². The Morgan fingerprint density at radius 2 is 1.93 bits per heavy atom. The van der Waals surface area contributed by atoms with Crippen LogP contribution >= 0.6 is 0 Å². The summed E-state index contributed by atoms with van der Waals surface area (Å²) >= 11 is 0. The molecule has 0 aliphatic carbocycles. The van der Waals surface area contributed by atoms with E-state index in [-0.39, 0.29) is 18.5 Å². The van der Waals surface area contributed by atoms with Crippen LogP contribution in [0.1, 0.15) is 11.6 Å². The molecule has 138 valence electrons. The highest BCUT2D eigenvalue weighted by Crippen LogP contribution is 2.38. The first kappa shape index (κ1) is 17.1. The van der Waals surface area contributed by atoms with Gasteiger partial charge in [0.1, 0.15) is 11.6 Å². The summed E-state index contributed by atoms with van der Waals surface area (Å²) in [5.41, 5.74) is 2.30. The summed E-state index contributed by atoms with van der Waals surface area (Å²) in [5.74, 6) is -0.0393. The van der Waals surface area contributed by atoms with Gasteiger partial charge in [0.15, 0.2) is 0 Å². The first-order valence-corrected chi connectivity index (χ1v) is 8.48. The molecule has 2 aliphatic heterocycles. The number of carbonyl (C=O) groups excluding carboxylic acids is 2. The lowest BCUT2D eigenvalue weighted by atomic mass is 9.95. The van der Waals surface area contributed by atoms with Crippen LogP contribution in [0.5, 0.6) is 5.75 Å². The lowest BCUT2D eigenvalue weighted by molar-refractivity contribution is -0.114. The molecule has 0 unspecified atom stereocenters. The van der Waals surface area contributed by atoms with E-state index < -0.39 is 11.9 Å². The van der Waals surface area contributed by atoms with Gasteiger partial charge in [-0.2, -0.15) is 0 Å². The maximum atomic E-state index is 13.6. The fourth-order valence-electron chi connectivity index (χ4n) is 3.49. The molecule has 0 aromatic heterocycles. The zero-order valence-electron chi connectivity index (χ0n) is 14.9. The highest BCUT2D eigenvalue weighted by atomic mass is 19.1. The first-order valence-electron chi connectivity index (χ1n) is 8.48. The average molecular weight is 367 g/mol. The quantitative estimate of drug-likeness (QED) is 0.907. The molecule has 0 fully saturated rings. The summed E-state index contributed by atoms with van der Waals surface area (Å²) in [6.45, 7) is 0.210. The van der Waals surface area contributed by atoms with Crippen LogP contribution in [0.2, 0.25) is 0 Å². The second kappa shape index (κ2) is 6.42. The Morgan fingerprint density at radius 3 is 2.67 bits per heavy atom. The summed E-state index contributed by atoms with van der Waals surface area (Å²) in [4.78, 5) is 28.5. The van der Waals surface area contributed by atoms with Crippen LogP contribution in [0.15, 0.2) is 59.8 Å². The van der Waals surface area contributed by atoms with Crippen LogP contribution in [0, 0.1) is 5.82 Å². The number of nitrogens with one attached hydrogen (secondary N) is 1. The Hall–Kier alpha value is -3.35. The lowest BCUT2D eigenvalue weighted by Crippen LogP contribution is -2.45. The summed E-state index contributed by atoms with van der Waals surface area (Å²) < 4.78 is 18.9. The van der Waals surface area contributed by atoms with Crippen molar-refractivity contribution in [2.24, 2.45) is 0 Å². The van der Waals surface area contributed by atoms with Crippen LogP contribution < -0.4 is 15.0 Å². The van der Waals surface area contributed by atoms with Crippen LogP contribution in [0.4, 0.5) is 14.9 Å². The van der Waals surface area contributed by atoms with E-state index in [0.717, 1.165) is 5.56 Å². The summed E-state index contributed by atoms with van der Waals surface area (Å²) in [6.07, 6.45) is 0. The average Bonchev–Trinajstić information content (AvgIpc) is 3.02. The summed E-state index contributed by atoms with van der Waals surface area (Å²) in [6, 6.07) is 12.2. The molecule has 0 bridgehead atoms. The van der Waals surface area contributed by atoms with Crippen molar-refractivity contribution in [3.8, 4) is 5.75 Å². The molecule has 4 rings (SSSR count). The minimum Gasteiger partial charge on any atom is -0.497 e. The molecule has 27 heavy (non-hydrogen) atoms. The maximum absolute atomic E-state index is 13.6. The van der Waals surface area contributed by atoms with Gasteiger partial charge < -0.3 is 15.0 Å². The minimum absolute atomic E-state index is 0.210. The zero-order chi connectivity index (χ0) is 19.1. The van der Waals surface area contributed by atoms with Gasteiger partial charge in [0.25, 0.3) is 5.91 Å². The number of carbonyl (C=O) groups is 2. The third-order valence-corrected chi connectivity index (χ3v) is 4.91. The van der Waals surface area contributed by atoms with Gasteiger partial charge in [-0.25, -0.2) is 9.18 Å². The Morgan fingerprint density at radius 1 is 1.15 bits per heavy atom. The molecule has 0 spiro atoms. The van der Waals surface area contributed by atoms with Gasteiger partial charge in [-0.05, 0) is 35.9 Å². The molecule has 0 saturated carbocycles. The summed E-state index contributed by atoms with van der Waals surface area (Å²) in [5, 5.41) is 2.87. The van der Waals surface area contributed by atoms with Gasteiger partial charge in [0, 0.05) is 12.7 Å². The number of rotatable bonds is 3. The molecule has 1 N–H and O–H groups in total.